The van der Waals surface area contributed by atoms with Gasteiger partial charge in [-0.3, -0.25) is 4.68 Å². The third-order valence-corrected chi connectivity index (χ3v) is 4.65. The second kappa shape index (κ2) is 5.66. The summed E-state index contributed by atoms with van der Waals surface area (Å²) in [6.07, 6.45) is 5.69. The Labute approximate surface area is 132 Å². The van der Waals surface area contributed by atoms with Crippen LogP contribution in [0, 0.1) is 6.92 Å². The molecule has 0 amide bonds. The molecule has 114 valence electrons. The van der Waals surface area contributed by atoms with Crippen molar-refractivity contribution in [2.24, 2.45) is 0 Å². The van der Waals surface area contributed by atoms with Gasteiger partial charge in [-0.15, -0.1) is 11.3 Å². The van der Waals surface area contributed by atoms with Crippen LogP contribution in [-0.2, 0) is 11.3 Å². The molecule has 1 saturated heterocycles. The van der Waals surface area contributed by atoms with Crippen molar-refractivity contribution in [1.29, 1.82) is 0 Å². The molecule has 0 saturated carbocycles. The Balaban J connectivity index is 1.54. The van der Waals surface area contributed by atoms with E-state index < -0.39 is 0 Å². The van der Waals surface area contributed by atoms with Gasteiger partial charge in [0.2, 0.25) is 0 Å². The SMILES string of the molecule is Cc1cnn(CC2CN(c3ncnc4sccc34)CCO2)c1. The summed E-state index contributed by atoms with van der Waals surface area (Å²) in [4.78, 5) is 12.1. The van der Waals surface area contributed by atoms with Gasteiger partial charge >= 0.3 is 0 Å². The Morgan fingerprint density at radius 2 is 2.36 bits per heavy atom. The Hall–Kier alpha value is -1.99. The Morgan fingerprint density at radius 1 is 1.41 bits per heavy atom. The topological polar surface area (TPSA) is 56.1 Å². The van der Waals surface area contributed by atoms with Gasteiger partial charge in [-0.1, -0.05) is 0 Å². The van der Waals surface area contributed by atoms with Crippen LogP contribution in [0.4, 0.5) is 5.82 Å². The average molecular weight is 315 g/mol. The summed E-state index contributed by atoms with van der Waals surface area (Å²) in [5.74, 6) is 1.01. The van der Waals surface area contributed by atoms with Crippen molar-refractivity contribution in [2.45, 2.75) is 19.6 Å². The van der Waals surface area contributed by atoms with E-state index in [1.54, 1.807) is 17.7 Å². The number of thiophene rings is 1. The number of morpholine rings is 1. The minimum absolute atomic E-state index is 0.122. The van der Waals surface area contributed by atoms with Crippen LogP contribution in [0.1, 0.15) is 5.56 Å². The lowest BCUT2D eigenvalue weighted by Crippen LogP contribution is -2.44. The fraction of sp³-hybridized carbons (Fsp3) is 0.400. The van der Waals surface area contributed by atoms with E-state index in [9.17, 15) is 0 Å². The molecule has 0 radical (unpaired) electrons. The number of hydrogen-bond acceptors (Lipinski definition) is 6. The summed E-state index contributed by atoms with van der Waals surface area (Å²) in [7, 11) is 0. The summed E-state index contributed by atoms with van der Waals surface area (Å²) >= 11 is 1.65. The van der Waals surface area contributed by atoms with Crippen LogP contribution in [0.5, 0.6) is 0 Å². The number of ether oxygens (including phenoxy) is 1. The number of aromatic nitrogens is 4. The average Bonchev–Trinajstić information content (AvgIpc) is 3.16. The van der Waals surface area contributed by atoms with Gasteiger partial charge < -0.3 is 9.64 Å². The van der Waals surface area contributed by atoms with Gasteiger partial charge in [0.25, 0.3) is 0 Å². The van der Waals surface area contributed by atoms with Crippen molar-refractivity contribution in [3.05, 3.63) is 35.7 Å². The third-order valence-electron chi connectivity index (χ3n) is 3.83. The molecule has 0 aliphatic carbocycles. The van der Waals surface area contributed by atoms with Gasteiger partial charge in [-0.05, 0) is 23.9 Å². The first-order valence-corrected chi connectivity index (χ1v) is 8.21. The zero-order valence-corrected chi connectivity index (χ0v) is 13.2. The van der Waals surface area contributed by atoms with Crippen LogP contribution in [-0.4, -0.2) is 45.5 Å². The first-order chi connectivity index (χ1) is 10.8. The van der Waals surface area contributed by atoms with Crippen molar-refractivity contribution < 1.29 is 4.74 Å². The zero-order valence-electron chi connectivity index (χ0n) is 12.3. The van der Waals surface area contributed by atoms with Crippen LogP contribution in [0.2, 0.25) is 0 Å². The molecule has 3 aromatic rings. The minimum Gasteiger partial charge on any atom is -0.373 e. The standard InChI is InChI=1S/C15H17N5OS/c1-11-6-18-20(7-11)9-12-8-19(3-4-21-12)14-13-2-5-22-15(13)17-10-16-14/h2,5-7,10,12H,3-4,8-9H2,1H3. The predicted octanol–water partition coefficient (Wildman–Crippen LogP) is 2.10. The molecule has 0 spiro atoms. The van der Waals surface area contributed by atoms with E-state index in [0.717, 1.165) is 35.7 Å². The smallest absolute Gasteiger partial charge is 0.140 e. The molecule has 1 unspecified atom stereocenters. The van der Waals surface area contributed by atoms with E-state index in [4.69, 9.17) is 4.74 Å². The molecule has 0 aromatic carbocycles. The third kappa shape index (κ3) is 2.57. The molecule has 6 nitrogen and oxygen atoms in total. The van der Waals surface area contributed by atoms with Gasteiger partial charge in [0.1, 0.15) is 17.0 Å². The summed E-state index contributed by atoms with van der Waals surface area (Å²) in [6.45, 7) is 5.20. The van der Waals surface area contributed by atoms with Crippen molar-refractivity contribution >= 4 is 27.4 Å². The lowest BCUT2D eigenvalue weighted by Gasteiger charge is -2.33. The van der Waals surface area contributed by atoms with Crippen molar-refractivity contribution in [3.63, 3.8) is 0 Å². The van der Waals surface area contributed by atoms with Gasteiger partial charge in [-0.2, -0.15) is 5.10 Å². The molecule has 1 fully saturated rings. The van der Waals surface area contributed by atoms with Crippen LogP contribution in [0.3, 0.4) is 0 Å². The second-order valence-corrected chi connectivity index (χ2v) is 6.41. The highest BCUT2D eigenvalue weighted by atomic mass is 32.1. The van der Waals surface area contributed by atoms with Crippen LogP contribution in [0.25, 0.3) is 10.2 Å². The molecule has 1 atom stereocenters. The van der Waals surface area contributed by atoms with E-state index in [2.05, 4.69) is 31.4 Å². The van der Waals surface area contributed by atoms with Crippen molar-refractivity contribution in [2.75, 3.05) is 24.6 Å². The lowest BCUT2D eigenvalue weighted by molar-refractivity contribution is 0.0272. The highest BCUT2D eigenvalue weighted by molar-refractivity contribution is 7.16. The van der Waals surface area contributed by atoms with E-state index in [1.807, 2.05) is 24.0 Å². The summed E-state index contributed by atoms with van der Waals surface area (Å²) in [5, 5.41) is 7.53. The zero-order chi connectivity index (χ0) is 14.9. The normalized spacial score (nSPS) is 19.0. The summed E-state index contributed by atoms with van der Waals surface area (Å²) < 4.78 is 7.84. The molecule has 7 heteroatoms. The Bertz CT molecular complexity index is 783. The van der Waals surface area contributed by atoms with Crippen molar-refractivity contribution in [1.82, 2.24) is 19.7 Å². The van der Waals surface area contributed by atoms with Crippen LogP contribution in [0.15, 0.2) is 30.2 Å². The summed E-state index contributed by atoms with van der Waals surface area (Å²) in [6, 6.07) is 2.09. The minimum atomic E-state index is 0.122. The molecular formula is C15H17N5OS. The largest absolute Gasteiger partial charge is 0.373 e. The van der Waals surface area contributed by atoms with Crippen molar-refractivity contribution in [3.8, 4) is 0 Å². The van der Waals surface area contributed by atoms with E-state index >= 15 is 0 Å². The highest BCUT2D eigenvalue weighted by Crippen LogP contribution is 2.27. The number of anilines is 1. The predicted molar refractivity (Wildman–Crippen MR) is 86.3 cm³/mol. The number of nitrogens with zero attached hydrogens (tertiary/aromatic N) is 5. The van der Waals surface area contributed by atoms with E-state index in [1.165, 1.54) is 5.56 Å². The van der Waals surface area contributed by atoms with Gasteiger partial charge in [0, 0.05) is 19.3 Å². The molecule has 1 aliphatic rings. The fourth-order valence-electron chi connectivity index (χ4n) is 2.83. The van der Waals surface area contributed by atoms with Gasteiger partial charge in [0.15, 0.2) is 0 Å². The monoisotopic (exact) mass is 315 g/mol. The molecule has 22 heavy (non-hydrogen) atoms. The summed E-state index contributed by atoms with van der Waals surface area (Å²) in [5.41, 5.74) is 1.17. The fourth-order valence-corrected chi connectivity index (χ4v) is 3.55. The van der Waals surface area contributed by atoms with Crippen LogP contribution >= 0.6 is 11.3 Å². The quantitative estimate of drug-likeness (QED) is 0.741. The number of rotatable bonds is 3. The highest BCUT2D eigenvalue weighted by Gasteiger charge is 2.23. The molecule has 4 rings (SSSR count). The molecule has 0 bridgehead atoms. The first kappa shape index (κ1) is 13.7. The molecule has 1 aliphatic heterocycles. The number of fused-ring (bicyclic) bond motifs is 1. The number of hydrogen-bond donors (Lipinski definition) is 0. The lowest BCUT2D eigenvalue weighted by atomic mass is 10.2. The van der Waals surface area contributed by atoms with Gasteiger partial charge in [0.05, 0.1) is 30.8 Å². The van der Waals surface area contributed by atoms with Crippen LogP contribution < -0.4 is 4.90 Å². The number of aryl methyl sites for hydroxylation is 1. The second-order valence-electron chi connectivity index (χ2n) is 5.52. The maximum Gasteiger partial charge on any atom is 0.140 e. The Morgan fingerprint density at radius 3 is 3.23 bits per heavy atom. The van der Waals surface area contributed by atoms with E-state index in [-0.39, 0.29) is 6.10 Å². The molecule has 4 heterocycles. The van der Waals surface area contributed by atoms with Gasteiger partial charge in [-0.25, -0.2) is 9.97 Å². The first-order valence-electron chi connectivity index (χ1n) is 7.33. The maximum absolute atomic E-state index is 5.89. The molecular weight excluding hydrogens is 298 g/mol. The Kier molecular flexibility index (Phi) is 3.51. The maximum atomic E-state index is 5.89. The van der Waals surface area contributed by atoms with E-state index in [0.29, 0.717) is 6.61 Å². The molecule has 3 aromatic heterocycles. The molecule has 0 N–H and O–H groups in total.